The van der Waals surface area contributed by atoms with Crippen molar-refractivity contribution in [2.45, 2.75) is 6.92 Å². The van der Waals surface area contributed by atoms with Crippen LogP contribution >= 0.6 is 11.6 Å². The van der Waals surface area contributed by atoms with E-state index in [1.165, 1.54) is 6.08 Å². The number of halogens is 1. The lowest BCUT2D eigenvalue weighted by atomic mass is 10.4. The Labute approximate surface area is 52.1 Å². The quantitative estimate of drug-likeness (QED) is 0.318. The fourth-order valence-electron chi connectivity index (χ4n) is 0.217. The average Bonchev–Trinajstić information content (AvgIpc) is 1.67. The predicted molar refractivity (Wildman–Crippen MR) is 30.7 cm³/mol. The van der Waals surface area contributed by atoms with Crippen LogP contribution in [-0.4, -0.2) is 11.0 Å². The molecule has 44 valence electrons. The summed E-state index contributed by atoms with van der Waals surface area (Å²) in [5.74, 6) is -0.672. The van der Waals surface area contributed by atoms with Gasteiger partial charge in [0, 0.05) is 0 Å². The third-order valence-electron chi connectivity index (χ3n) is 0.512. The number of hydrogen-bond acceptors (Lipinski definition) is 2. The van der Waals surface area contributed by atoms with Crippen LogP contribution in [0.25, 0.3) is 0 Å². The molecule has 0 spiro atoms. The van der Waals surface area contributed by atoms with E-state index >= 15 is 0 Å². The number of rotatable bonds is 2. The summed E-state index contributed by atoms with van der Waals surface area (Å²) in [4.78, 5) is 20.1. The highest BCUT2D eigenvalue weighted by Gasteiger charge is 2.02. The van der Waals surface area contributed by atoms with Gasteiger partial charge in [0.1, 0.15) is 0 Å². The molecule has 0 heterocycles. The Morgan fingerprint density at radius 3 is 2.12 bits per heavy atom. The molecule has 0 unspecified atom stereocenters. The zero-order valence-electron chi connectivity index (χ0n) is 4.35. The second kappa shape index (κ2) is 3.38. The van der Waals surface area contributed by atoms with Crippen molar-refractivity contribution >= 4 is 22.6 Å². The van der Waals surface area contributed by atoms with Gasteiger partial charge in [-0.15, -0.1) is 0 Å². The Bertz CT molecular complexity index is 137. The number of carbonyl (C=O) groups is 2. The van der Waals surface area contributed by atoms with Crippen LogP contribution in [0.2, 0.25) is 0 Å². The van der Waals surface area contributed by atoms with Gasteiger partial charge in [-0.3, -0.25) is 9.59 Å². The standard InChI is InChI=1S/C5H5ClO2/c1-2-3-4(7)5(6)8/h2-3H,1H3. The summed E-state index contributed by atoms with van der Waals surface area (Å²) in [7, 11) is 0. The highest BCUT2D eigenvalue weighted by molar-refractivity contribution is 6.82. The van der Waals surface area contributed by atoms with Crippen LogP contribution in [0.15, 0.2) is 12.2 Å². The molecule has 0 aliphatic carbocycles. The molecule has 3 heteroatoms. The average molecular weight is 133 g/mol. The molecule has 0 saturated heterocycles. The van der Waals surface area contributed by atoms with Crippen molar-refractivity contribution in [3.63, 3.8) is 0 Å². The van der Waals surface area contributed by atoms with Crippen molar-refractivity contribution in [3.8, 4) is 0 Å². The van der Waals surface area contributed by atoms with Gasteiger partial charge in [-0.25, -0.2) is 0 Å². The van der Waals surface area contributed by atoms with Crippen molar-refractivity contribution in [1.82, 2.24) is 0 Å². The maximum atomic E-state index is 10.2. The zero-order chi connectivity index (χ0) is 6.57. The Morgan fingerprint density at radius 2 is 2.00 bits per heavy atom. The SMILES string of the molecule is CC=CC(=O)C(=O)Cl. The van der Waals surface area contributed by atoms with Gasteiger partial charge >= 0.3 is 0 Å². The van der Waals surface area contributed by atoms with E-state index in [-0.39, 0.29) is 0 Å². The molecule has 0 aromatic carbocycles. The third-order valence-corrected chi connectivity index (χ3v) is 0.698. The predicted octanol–water partition coefficient (Wildman–Crippen LogP) is 0.897. The molecule has 0 aromatic heterocycles. The first-order chi connectivity index (χ1) is 3.68. The Hall–Kier alpha value is -0.630. The molecule has 0 fully saturated rings. The van der Waals surface area contributed by atoms with Crippen molar-refractivity contribution in [3.05, 3.63) is 12.2 Å². The molecule has 0 aromatic rings. The summed E-state index contributed by atoms with van der Waals surface area (Å²) in [6.07, 6.45) is 2.58. The van der Waals surface area contributed by atoms with Crippen molar-refractivity contribution in [2.75, 3.05) is 0 Å². The zero-order valence-corrected chi connectivity index (χ0v) is 5.11. The van der Waals surface area contributed by atoms with Crippen LogP contribution in [0.4, 0.5) is 0 Å². The summed E-state index contributed by atoms with van der Waals surface area (Å²) in [5.41, 5.74) is 0. The van der Waals surface area contributed by atoms with E-state index < -0.39 is 11.0 Å². The minimum Gasteiger partial charge on any atom is -0.285 e. The fraction of sp³-hybridized carbons (Fsp3) is 0.200. The third kappa shape index (κ3) is 2.53. The van der Waals surface area contributed by atoms with E-state index in [2.05, 4.69) is 0 Å². The van der Waals surface area contributed by atoms with Gasteiger partial charge in [0.25, 0.3) is 5.24 Å². The highest BCUT2D eigenvalue weighted by Crippen LogP contribution is 1.83. The molecule has 8 heavy (non-hydrogen) atoms. The first kappa shape index (κ1) is 7.37. The molecule has 0 radical (unpaired) electrons. The van der Waals surface area contributed by atoms with Crippen molar-refractivity contribution in [2.24, 2.45) is 0 Å². The molecule has 0 bridgehead atoms. The number of hydrogen-bond donors (Lipinski definition) is 0. The molecule has 2 nitrogen and oxygen atoms in total. The van der Waals surface area contributed by atoms with E-state index in [9.17, 15) is 9.59 Å². The first-order valence-electron chi connectivity index (χ1n) is 2.05. The largest absolute Gasteiger partial charge is 0.292 e. The summed E-state index contributed by atoms with van der Waals surface area (Å²) < 4.78 is 0. The van der Waals surface area contributed by atoms with Gasteiger partial charge in [0.2, 0.25) is 5.78 Å². The van der Waals surface area contributed by atoms with Crippen LogP contribution in [0, 0.1) is 0 Å². The molecule has 0 amide bonds. The molecule has 0 atom stereocenters. The van der Waals surface area contributed by atoms with Gasteiger partial charge in [0.05, 0.1) is 0 Å². The number of ketones is 1. The molecular formula is C5H5ClO2. The van der Waals surface area contributed by atoms with E-state index in [4.69, 9.17) is 11.6 Å². The van der Waals surface area contributed by atoms with Crippen LogP contribution < -0.4 is 0 Å². The highest BCUT2D eigenvalue weighted by atomic mass is 35.5. The van der Waals surface area contributed by atoms with E-state index in [1.807, 2.05) is 0 Å². The maximum Gasteiger partial charge on any atom is 0.292 e. The minimum atomic E-state index is -0.942. The topological polar surface area (TPSA) is 34.1 Å². The lowest BCUT2D eigenvalue weighted by Gasteiger charge is -1.76. The number of allylic oxidation sites excluding steroid dienone is 2. The Balaban J connectivity index is 3.85. The normalized spacial score (nSPS) is 9.75. The maximum absolute atomic E-state index is 10.2. The second-order valence-corrected chi connectivity index (χ2v) is 1.48. The first-order valence-corrected chi connectivity index (χ1v) is 2.42. The summed E-state index contributed by atoms with van der Waals surface area (Å²) in [5, 5.41) is -0.942. The van der Waals surface area contributed by atoms with Gasteiger partial charge in [0.15, 0.2) is 0 Å². The van der Waals surface area contributed by atoms with E-state index in [1.54, 1.807) is 6.92 Å². The molecular weight excluding hydrogens is 128 g/mol. The summed E-state index contributed by atoms with van der Waals surface area (Å²) in [6, 6.07) is 0. The van der Waals surface area contributed by atoms with Gasteiger partial charge < -0.3 is 0 Å². The second-order valence-electron chi connectivity index (χ2n) is 1.14. The smallest absolute Gasteiger partial charge is 0.285 e. The lowest BCUT2D eigenvalue weighted by Crippen LogP contribution is -2.00. The molecule has 0 aliphatic heterocycles. The molecule has 0 rings (SSSR count). The van der Waals surface area contributed by atoms with Crippen LogP contribution in [-0.2, 0) is 9.59 Å². The van der Waals surface area contributed by atoms with Gasteiger partial charge in [-0.2, -0.15) is 0 Å². The van der Waals surface area contributed by atoms with Crippen LogP contribution in [0.1, 0.15) is 6.92 Å². The fourth-order valence-corrected chi connectivity index (χ4v) is 0.280. The Kier molecular flexibility index (Phi) is 3.12. The molecule has 0 saturated carbocycles. The van der Waals surface area contributed by atoms with E-state index in [0.717, 1.165) is 6.08 Å². The van der Waals surface area contributed by atoms with Gasteiger partial charge in [-0.05, 0) is 24.6 Å². The number of carbonyl (C=O) groups excluding carboxylic acids is 2. The summed E-state index contributed by atoms with van der Waals surface area (Å²) >= 11 is 4.77. The molecule has 0 aliphatic rings. The monoisotopic (exact) mass is 132 g/mol. The van der Waals surface area contributed by atoms with Crippen molar-refractivity contribution in [1.29, 1.82) is 0 Å². The van der Waals surface area contributed by atoms with Crippen LogP contribution in [0.3, 0.4) is 0 Å². The summed E-state index contributed by atoms with van der Waals surface area (Å²) in [6.45, 7) is 1.64. The molecule has 0 N–H and O–H groups in total. The van der Waals surface area contributed by atoms with Gasteiger partial charge in [-0.1, -0.05) is 6.08 Å². The van der Waals surface area contributed by atoms with E-state index in [0.29, 0.717) is 0 Å². The minimum absolute atomic E-state index is 0.672. The Morgan fingerprint density at radius 1 is 1.50 bits per heavy atom. The van der Waals surface area contributed by atoms with Crippen LogP contribution in [0.5, 0.6) is 0 Å². The van der Waals surface area contributed by atoms with Crippen molar-refractivity contribution < 1.29 is 9.59 Å². The lowest BCUT2D eigenvalue weighted by molar-refractivity contribution is -0.129.